The van der Waals surface area contributed by atoms with E-state index in [2.05, 4.69) is 44.9 Å². The van der Waals surface area contributed by atoms with Crippen molar-refractivity contribution in [3.05, 3.63) is 66.0 Å². The van der Waals surface area contributed by atoms with Gasteiger partial charge in [-0.25, -0.2) is 9.78 Å². The van der Waals surface area contributed by atoms with Gasteiger partial charge in [-0.05, 0) is 31.0 Å². The van der Waals surface area contributed by atoms with E-state index in [0.717, 1.165) is 17.8 Å². The zero-order valence-corrected chi connectivity index (χ0v) is 15.0. The Morgan fingerprint density at radius 2 is 1.96 bits per heavy atom. The summed E-state index contributed by atoms with van der Waals surface area (Å²) in [6, 6.07) is 17.5. The van der Waals surface area contributed by atoms with Crippen LogP contribution in [-0.2, 0) is 0 Å². The van der Waals surface area contributed by atoms with Gasteiger partial charge >= 0.3 is 6.03 Å². The fourth-order valence-corrected chi connectivity index (χ4v) is 2.82. The summed E-state index contributed by atoms with van der Waals surface area (Å²) in [6.07, 6.45) is 0.962. The standard InChI is InChI=1S/C20H23N5O/c1-3-15(16-8-5-4-6-9-16)13-21-20(26)23-18-11-7-10-17(12-18)19-22-14(2)24-25-19/h4-12,15H,3,13H2,1-2H3,(H2,21,23,26)(H,22,24,25). The van der Waals surface area contributed by atoms with Gasteiger partial charge in [-0.1, -0.05) is 49.4 Å². The van der Waals surface area contributed by atoms with Gasteiger partial charge in [0.1, 0.15) is 5.82 Å². The van der Waals surface area contributed by atoms with E-state index in [0.29, 0.717) is 24.0 Å². The molecule has 3 aromatic rings. The molecule has 26 heavy (non-hydrogen) atoms. The number of carbonyl (C=O) groups excluding carboxylic acids is 1. The van der Waals surface area contributed by atoms with Crippen LogP contribution < -0.4 is 10.6 Å². The summed E-state index contributed by atoms with van der Waals surface area (Å²) in [5.74, 6) is 1.66. The molecule has 6 nitrogen and oxygen atoms in total. The Labute approximate surface area is 153 Å². The van der Waals surface area contributed by atoms with Crippen LogP contribution in [0.15, 0.2) is 54.6 Å². The van der Waals surface area contributed by atoms with Gasteiger partial charge in [-0.3, -0.25) is 5.10 Å². The predicted octanol–water partition coefficient (Wildman–Crippen LogP) is 4.10. The highest BCUT2D eigenvalue weighted by molar-refractivity contribution is 5.89. The minimum absolute atomic E-state index is 0.220. The molecule has 2 amide bonds. The van der Waals surface area contributed by atoms with E-state index in [-0.39, 0.29) is 6.03 Å². The van der Waals surface area contributed by atoms with Crippen LogP contribution in [0, 0.1) is 6.92 Å². The maximum absolute atomic E-state index is 12.3. The summed E-state index contributed by atoms with van der Waals surface area (Å²) in [7, 11) is 0. The number of aromatic amines is 1. The molecular weight excluding hydrogens is 326 g/mol. The van der Waals surface area contributed by atoms with Crippen molar-refractivity contribution >= 4 is 11.7 Å². The first-order valence-corrected chi connectivity index (χ1v) is 8.75. The molecule has 3 rings (SSSR count). The number of aromatic nitrogens is 3. The Bertz CT molecular complexity index is 859. The van der Waals surface area contributed by atoms with Crippen LogP contribution in [0.2, 0.25) is 0 Å². The van der Waals surface area contributed by atoms with Crippen molar-refractivity contribution in [3.8, 4) is 11.4 Å². The van der Waals surface area contributed by atoms with E-state index in [9.17, 15) is 4.79 Å². The van der Waals surface area contributed by atoms with Gasteiger partial charge in [0.15, 0.2) is 5.82 Å². The van der Waals surface area contributed by atoms with E-state index in [1.165, 1.54) is 5.56 Å². The molecule has 0 radical (unpaired) electrons. The predicted molar refractivity (Wildman–Crippen MR) is 103 cm³/mol. The van der Waals surface area contributed by atoms with E-state index in [1.54, 1.807) is 0 Å². The molecule has 1 unspecified atom stereocenters. The third-order valence-electron chi connectivity index (χ3n) is 4.25. The monoisotopic (exact) mass is 349 g/mol. The summed E-state index contributed by atoms with van der Waals surface area (Å²) >= 11 is 0. The molecule has 2 aromatic carbocycles. The largest absolute Gasteiger partial charge is 0.337 e. The summed E-state index contributed by atoms with van der Waals surface area (Å²) in [4.78, 5) is 16.6. The van der Waals surface area contributed by atoms with Crippen molar-refractivity contribution in [3.63, 3.8) is 0 Å². The van der Waals surface area contributed by atoms with Crippen LogP contribution in [0.5, 0.6) is 0 Å². The summed E-state index contributed by atoms with van der Waals surface area (Å²) in [6.45, 7) is 4.56. The number of H-pyrrole nitrogens is 1. The second-order valence-electron chi connectivity index (χ2n) is 6.18. The maximum Gasteiger partial charge on any atom is 0.319 e. The topological polar surface area (TPSA) is 82.7 Å². The summed E-state index contributed by atoms with van der Waals surface area (Å²) in [5.41, 5.74) is 2.79. The van der Waals surface area contributed by atoms with Gasteiger partial charge in [0, 0.05) is 23.7 Å². The first kappa shape index (κ1) is 17.7. The lowest BCUT2D eigenvalue weighted by atomic mass is 9.97. The van der Waals surface area contributed by atoms with E-state index in [1.807, 2.05) is 49.4 Å². The Morgan fingerprint density at radius 1 is 1.15 bits per heavy atom. The number of anilines is 1. The molecule has 0 saturated carbocycles. The normalized spacial score (nSPS) is 11.8. The fourth-order valence-electron chi connectivity index (χ4n) is 2.82. The number of nitrogens with zero attached hydrogens (tertiary/aromatic N) is 2. The number of aryl methyl sites for hydroxylation is 1. The molecule has 0 bridgehead atoms. The highest BCUT2D eigenvalue weighted by atomic mass is 16.2. The number of hydrogen-bond donors (Lipinski definition) is 3. The third kappa shape index (κ3) is 4.47. The molecule has 0 spiro atoms. The SMILES string of the molecule is CCC(CNC(=O)Nc1cccc(-c2n[nH]c(C)n2)c1)c1ccccc1. The van der Waals surface area contributed by atoms with Crippen molar-refractivity contribution in [2.24, 2.45) is 0 Å². The average molecular weight is 349 g/mol. The minimum Gasteiger partial charge on any atom is -0.337 e. The summed E-state index contributed by atoms with van der Waals surface area (Å²) < 4.78 is 0. The molecule has 1 heterocycles. The van der Waals surface area contributed by atoms with Gasteiger partial charge in [0.25, 0.3) is 0 Å². The van der Waals surface area contributed by atoms with E-state index < -0.39 is 0 Å². The van der Waals surface area contributed by atoms with Gasteiger partial charge in [0.05, 0.1) is 0 Å². The lowest BCUT2D eigenvalue weighted by Gasteiger charge is -2.16. The number of benzene rings is 2. The van der Waals surface area contributed by atoms with Crippen LogP contribution in [0.3, 0.4) is 0 Å². The number of rotatable bonds is 6. The molecule has 1 aromatic heterocycles. The smallest absolute Gasteiger partial charge is 0.319 e. The van der Waals surface area contributed by atoms with Gasteiger partial charge in [-0.15, -0.1) is 0 Å². The van der Waals surface area contributed by atoms with E-state index in [4.69, 9.17) is 0 Å². The average Bonchev–Trinajstić information content (AvgIpc) is 3.10. The Balaban J connectivity index is 1.60. The number of amides is 2. The van der Waals surface area contributed by atoms with Crippen molar-refractivity contribution in [2.75, 3.05) is 11.9 Å². The first-order valence-electron chi connectivity index (χ1n) is 8.75. The number of carbonyl (C=O) groups is 1. The van der Waals surface area contributed by atoms with Gasteiger partial charge in [0.2, 0.25) is 0 Å². The number of hydrogen-bond acceptors (Lipinski definition) is 3. The second kappa shape index (κ2) is 8.29. The van der Waals surface area contributed by atoms with Crippen LogP contribution in [0.25, 0.3) is 11.4 Å². The van der Waals surface area contributed by atoms with Gasteiger partial charge < -0.3 is 10.6 Å². The summed E-state index contributed by atoms with van der Waals surface area (Å²) in [5, 5.41) is 12.8. The fraction of sp³-hybridized carbons (Fsp3) is 0.250. The Morgan fingerprint density at radius 3 is 2.65 bits per heavy atom. The van der Waals surface area contributed by atoms with Crippen molar-refractivity contribution < 1.29 is 4.79 Å². The molecule has 1 atom stereocenters. The van der Waals surface area contributed by atoms with Gasteiger partial charge in [-0.2, -0.15) is 5.10 Å². The highest BCUT2D eigenvalue weighted by Crippen LogP contribution is 2.20. The molecule has 6 heteroatoms. The van der Waals surface area contributed by atoms with Crippen LogP contribution in [-0.4, -0.2) is 27.8 Å². The zero-order chi connectivity index (χ0) is 18.4. The van der Waals surface area contributed by atoms with Crippen LogP contribution in [0.4, 0.5) is 10.5 Å². The zero-order valence-electron chi connectivity index (χ0n) is 15.0. The molecule has 0 aliphatic carbocycles. The highest BCUT2D eigenvalue weighted by Gasteiger charge is 2.11. The second-order valence-corrected chi connectivity index (χ2v) is 6.18. The van der Waals surface area contributed by atoms with Crippen molar-refractivity contribution in [1.29, 1.82) is 0 Å². The number of urea groups is 1. The molecule has 0 aliphatic heterocycles. The Kier molecular flexibility index (Phi) is 5.63. The third-order valence-corrected chi connectivity index (χ3v) is 4.25. The van der Waals surface area contributed by atoms with Crippen LogP contribution >= 0.6 is 0 Å². The molecular formula is C20H23N5O. The number of nitrogens with one attached hydrogen (secondary N) is 3. The lowest BCUT2D eigenvalue weighted by molar-refractivity contribution is 0.251. The van der Waals surface area contributed by atoms with Crippen LogP contribution in [0.1, 0.15) is 30.7 Å². The minimum atomic E-state index is -0.220. The van der Waals surface area contributed by atoms with Crippen molar-refractivity contribution in [1.82, 2.24) is 20.5 Å². The molecule has 3 N–H and O–H groups in total. The van der Waals surface area contributed by atoms with Crippen molar-refractivity contribution in [2.45, 2.75) is 26.2 Å². The quantitative estimate of drug-likeness (QED) is 0.627. The molecule has 0 saturated heterocycles. The lowest BCUT2D eigenvalue weighted by Crippen LogP contribution is -2.32. The first-order chi connectivity index (χ1) is 12.7. The molecule has 0 fully saturated rings. The Hall–Kier alpha value is -3.15. The molecule has 134 valence electrons. The molecule has 0 aliphatic rings. The van der Waals surface area contributed by atoms with E-state index >= 15 is 0 Å². The maximum atomic E-state index is 12.3.